The zero-order valence-corrected chi connectivity index (χ0v) is 19.8. The van der Waals surface area contributed by atoms with Crippen LogP contribution in [0.15, 0.2) is 35.9 Å². The highest BCUT2D eigenvalue weighted by atomic mass is 19.4. The molecule has 3 saturated carbocycles. The summed E-state index contributed by atoms with van der Waals surface area (Å²) in [4.78, 5) is 23.5. The third kappa shape index (κ3) is 3.41. The number of carboxylic acids is 1. The molecule has 5 rings (SSSR count). The van der Waals surface area contributed by atoms with Gasteiger partial charge in [-0.05, 0) is 91.9 Å². The molecular formula is C27H29F5O4. The zero-order valence-electron chi connectivity index (χ0n) is 19.8. The van der Waals surface area contributed by atoms with E-state index in [9.17, 15) is 41.8 Å². The first-order valence-corrected chi connectivity index (χ1v) is 12.4. The van der Waals surface area contributed by atoms with Gasteiger partial charge in [-0.1, -0.05) is 24.6 Å². The van der Waals surface area contributed by atoms with E-state index in [-0.39, 0.29) is 41.9 Å². The molecule has 4 aliphatic carbocycles. The molecule has 2 N–H and O–H groups in total. The second-order valence-electron chi connectivity index (χ2n) is 11.3. The first-order valence-electron chi connectivity index (χ1n) is 12.4. The average molecular weight is 513 g/mol. The number of halogens is 5. The van der Waals surface area contributed by atoms with Crippen molar-refractivity contribution in [2.75, 3.05) is 0 Å². The van der Waals surface area contributed by atoms with Gasteiger partial charge >= 0.3 is 18.1 Å². The SMILES string of the molecule is C[C@]12C[C@H](c3ccc(C(=O)O)cc3)C3C4CCC(=O)C=C4CCC3C1CC[C@@]2(O)C(F)(F)C(F)(F)F. The number of carboxylic acid groups (broad SMARTS) is 1. The van der Waals surface area contributed by atoms with Crippen molar-refractivity contribution < 1.29 is 41.8 Å². The molecule has 0 heterocycles. The fourth-order valence-corrected chi connectivity index (χ4v) is 8.28. The van der Waals surface area contributed by atoms with Gasteiger partial charge in [-0.3, -0.25) is 4.79 Å². The molecule has 36 heavy (non-hydrogen) atoms. The van der Waals surface area contributed by atoms with Crippen LogP contribution in [0.1, 0.15) is 73.7 Å². The van der Waals surface area contributed by atoms with E-state index in [4.69, 9.17) is 0 Å². The molecule has 0 saturated heterocycles. The molecule has 0 bridgehead atoms. The van der Waals surface area contributed by atoms with Crippen molar-refractivity contribution in [1.82, 2.24) is 0 Å². The molecule has 4 nitrogen and oxygen atoms in total. The van der Waals surface area contributed by atoms with E-state index in [1.54, 1.807) is 18.2 Å². The summed E-state index contributed by atoms with van der Waals surface area (Å²) in [6.07, 6.45) is -2.75. The highest BCUT2D eigenvalue weighted by Gasteiger charge is 2.79. The number of fused-ring (bicyclic) bond motifs is 5. The predicted molar refractivity (Wildman–Crippen MR) is 120 cm³/mol. The normalized spacial score (nSPS) is 38.6. The first-order chi connectivity index (χ1) is 16.7. The van der Waals surface area contributed by atoms with Gasteiger partial charge in [-0.2, -0.15) is 22.0 Å². The molecule has 1 aromatic carbocycles. The van der Waals surface area contributed by atoms with Crippen molar-refractivity contribution in [3.63, 3.8) is 0 Å². The molecular weight excluding hydrogens is 483 g/mol. The fourth-order valence-electron chi connectivity index (χ4n) is 8.28. The molecule has 7 atom stereocenters. The summed E-state index contributed by atoms with van der Waals surface area (Å²) in [6, 6.07) is 6.04. The summed E-state index contributed by atoms with van der Waals surface area (Å²) in [7, 11) is 0. The average Bonchev–Trinajstić information content (AvgIpc) is 3.09. The lowest BCUT2D eigenvalue weighted by molar-refractivity contribution is -0.364. The summed E-state index contributed by atoms with van der Waals surface area (Å²) in [5.74, 6) is -7.61. The van der Waals surface area contributed by atoms with Crippen molar-refractivity contribution in [3.8, 4) is 0 Å². The minimum absolute atomic E-state index is 0.00645. The molecule has 0 aromatic heterocycles. The number of hydrogen-bond acceptors (Lipinski definition) is 3. The lowest BCUT2D eigenvalue weighted by atomic mass is 9.46. The van der Waals surface area contributed by atoms with Gasteiger partial charge in [-0.25, -0.2) is 4.79 Å². The van der Waals surface area contributed by atoms with Gasteiger partial charge in [0.1, 0.15) is 5.60 Å². The number of aromatic carboxylic acids is 1. The Labute approximate surface area is 205 Å². The Morgan fingerprint density at radius 1 is 1.00 bits per heavy atom. The number of alkyl halides is 5. The summed E-state index contributed by atoms with van der Waals surface area (Å²) in [6.45, 7) is 1.38. The van der Waals surface area contributed by atoms with Crippen LogP contribution in [-0.4, -0.2) is 39.7 Å². The number of carbonyl (C=O) groups is 2. The topological polar surface area (TPSA) is 74.6 Å². The Kier molecular flexibility index (Phi) is 5.71. The van der Waals surface area contributed by atoms with Crippen molar-refractivity contribution in [2.45, 2.75) is 75.5 Å². The minimum Gasteiger partial charge on any atom is -0.478 e. The van der Waals surface area contributed by atoms with Crippen molar-refractivity contribution in [3.05, 3.63) is 47.0 Å². The van der Waals surface area contributed by atoms with E-state index < -0.39 is 47.3 Å². The lowest BCUT2D eigenvalue weighted by Crippen LogP contribution is -2.66. The molecule has 0 amide bonds. The predicted octanol–water partition coefficient (Wildman–Crippen LogP) is 6.15. The molecule has 0 spiro atoms. The summed E-state index contributed by atoms with van der Waals surface area (Å²) in [5.41, 5.74) is -3.22. The quantitative estimate of drug-likeness (QED) is 0.477. The van der Waals surface area contributed by atoms with Crippen LogP contribution in [0.4, 0.5) is 22.0 Å². The van der Waals surface area contributed by atoms with Gasteiger partial charge in [0.15, 0.2) is 5.78 Å². The molecule has 9 heteroatoms. The second-order valence-corrected chi connectivity index (χ2v) is 11.3. The number of ketones is 1. The van der Waals surface area contributed by atoms with E-state index in [2.05, 4.69) is 0 Å². The molecule has 4 aliphatic rings. The molecule has 0 radical (unpaired) electrons. The third-order valence-corrected chi connectivity index (χ3v) is 9.92. The zero-order chi connectivity index (χ0) is 26.3. The monoisotopic (exact) mass is 512 g/mol. The number of carbonyl (C=O) groups excluding carboxylic acids is 1. The van der Waals surface area contributed by atoms with Crippen LogP contribution in [0.25, 0.3) is 0 Å². The van der Waals surface area contributed by atoms with E-state index in [0.29, 0.717) is 31.2 Å². The Bertz CT molecular complexity index is 1110. The summed E-state index contributed by atoms with van der Waals surface area (Å²) in [5, 5.41) is 20.5. The van der Waals surface area contributed by atoms with Crippen molar-refractivity contribution >= 4 is 11.8 Å². The van der Waals surface area contributed by atoms with Crippen LogP contribution >= 0.6 is 0 Å². The largest absolute Gasteiger partial charge is 0.478 e. The molecule has 4 unspecified atom stereocenters. The van der Waals surface area contributed by atoms with Crippen LogP contribution < -0.4 is 0 Å². The van der Waals surface area contributed by atoms with E-state index in [1.807, 2.05) is 0 Å². The van der Waals surface area contributed by atoms with Gasteiger partial charge in [0.05, 0.1) is 5.56 Å². The Morgan fingerprint density at radius 2 is 1.67 bits per heavy atom. The number of benzene rings is 1. The summed E-state index contributed by atoms with van der Waals surface area (Å²) >= 11 is 0. The van der Waals surface area contributed by atoms with Gasteiger partial charge in [-0.15, -0.1) is 0 Å². The smallest absolute Gasteiger partial charge is 0.456 e. The van der Waals surface area contributed by atoms with Crippen LogP contribution in [-0.2, 0) is 4.79 Å². The minimum atomic E-state index is -5.89. The summed E-state index contributed by atoms with van der Waals surface area (Å²) < 4.78 is 70.7. The number of aliphatic hydroxyl groups is 1. The van der Waals surface area contributed by atoms with E-state index in [0.717, 1.165) is 5.57 Å². The lowest BCUT2D eigenvalue weighted by Gasteiger charge is -2.59. The molecule has 0 aliphatic heterocycles. The Balaban J connectivity index is 1.63. The first kappa shape index (κ1) is 25.4. The maximum Gasteiger partial charge on any atom is 0.456 e. The molecule has 196 valence electrons. The number of hydrogen-bond donors (Lipinski definition) is 2. The Morgan fingerprint density at radius 3 is 2.28 bits per heavy atom. The van der Waals surface area contributed by atoms with Gasteiger partial charge in [0, 0.05) is 11.8 Å². The highest BCUT2D eigenvalue weighted by molar-refractivity contribution is 5.91. The maximum absolute atomic E-state index is 15.0. The molecule has 3 fully saturated rings. The highest BCUT2D eigenvalue weighted by Crippen LogP contribution is 2.71. The van der Waals surface area contributed by atoms with Crippen LogP contribution in [0.2, 0.25) is 0 Å². The third-order valence-electron chi connectivity index (χ3n) is 9.92. The number of allylic oxidation sites excluding steroid dienone is 1. The van der Waals surface area contributed by atoms with Crippen LogP contribution in [0, 0.1) is 29.1 Å². The fraction of sp³-hybridized carbons (Fsp3) is 0.630. The number of rotatable bonds is 3. The van der Waals surface area contributed by atoms with E-state index in [1.165, 1.54) is 19.1 Å². The van der Waals surface area contributed by atoms with Crippen LogP contribution in [0.5, 0.6) is 0 Å². The Hall–Kier alpha value is -2.29. The van der Waals surface area contributed by atoms with Gasteiger partial charge < -0.3 is 10.2 Å². The maximum atomic E-state index is 15.0. The van der Waals surface area contributed by atoms with E-state index >= 15 is 0 Å². The second kappa shape index (κ2) is 8.10. The van der Waals surface area contributed by atoms with Gasteiger partial charge in [0.2, 0.25) is 0 Å². The van der Waals surface area contributed by atoms with Crippen LogP contribution in [0.3, 0.4) is 0 Å². The molecule has 1 aromatic rings. The van der Waals surface area contributed by atoms with Crippen molar-refractivity contribution in [1.29, 1.82) is 0 Å². The van der Waals surface area contributed by atoms with Gasteiger partial charge in [0.25, 0.3) is 0 Å². The van der Waals surface area contributed by atoms with Crippen molar-refractivity contribution in [2.24, 2.45) is 29.1 Å². The standard InChI is InChI=1S/C27H29F5O4/c1-24-13-20(14-2-4-15(5-3-14)23(34)35)22-18-9-7-17(33)12-16(18)6-8-19(22)21(24)10-11-25(24,36)26(28,29)27(30,31)32/h2-5,12,18-22,36H,6-11,13H2,1H3,(H,34,35)/t18?,19?,20-,21?,22?,24+,25+/m1/s1.